The lowest BCUT2D eigenvalue weighted by Gasteiger charge is -2.06. The first-order valence-electron chi connectivity index (χ1n) is 5.54. The van der Waals surface area contributed by atoms with E-state index in [1.54, 1.807) is 6.07 Å². The summed E-state index contributed by atoms with van der Waals surface area (Å²) in [6.07, 6.45) is -3.78. The molecule has 0 saturated heterocycles. The maximum Gasteiger partial charge on any atom is 0.435 e. The number of alkyl halides is 3. The highest BCUT2D eigenvalue weighted by molar-refractivity contribution is 5.56. The molecule has 0 saturated carbocycles. The number of rotatable bonds is 3. The van der Waals surface area contributed by atoms with Crippen LogP contribution in [-0.2, 0) is 23.9 Å². The molecule has 0 fully saturated rings. The van der Waals surface area contributed by atoms with E-state index >= 15 is 0 Å². The first kappa shape index (κ1) is 12.9. The molecule has 18 heavy (non-hydrogen) atoms. The van der Waals surface area contributed by atoms with Crippen LogP contribution in [0.3, 0.4) is 0 Å². The zero-order valence-corrected chi connectivity index (χ0v) is 10.1. The monoisotopic (exact) mass is 258 g/mol. The van der Waals surface area contributed by atoms with Crippen LogP contribution in [0.25, 0.3) is 5.52 Å². The summed E-state index contributed by atoms with van der Waals surface area (Å²) in [5, 5.41) is 3.62. The van der Waals surface area contributed by atoms with Gasteiger partial charge in [-0.2, -0.15) is 18.3 Å². The molecule has 2 aromatic rings. The number of nitrogens with zero attached hydrogens (tertiary/aromatic N) is 2. The number of hydrogen-bond acceptors (Lipinski definition) is 2. The Kier molecular flexibility index (Phi) is 3.30. The second kappa shape index (κ2) is 4.61. The van der Waals surface area contributed by atoms with Crippen LogP contribution in [0.2, 0.25) is 0 Å². The lowest BCUT2D eigenvalue weighted by Crippen LogP contribution is -2.07. The molecule has 2 rings (SSSR count). The molecular weight excluding hydrogens is 245 g/mol. The number of methoxy groups -OCH3 is 1. The van der Waals surface area contributed by atoms with Crippen LogP contribution in [0, 0.1) is 0 Å². The number of ether oxygens (including phenoxy) is 1. The van der Waals surface area contributed by atoms with Gasteiger partial charge in [0, 0.05) is 7.11 Å². The first-order valence-corrected chi connectivity index (χ1v) is 5.54. The Morgan fingerprint density at radius 2 is 2.06 bits per heavy atom. The standard InChI is InChI=1S/C12H13F3N2O/c1-3-8-4-5-9(7-18-2)17-10(8)6-11(16-17)12(13,14)15/h4-6H,3,7H2,1-2H3. The summed E-state index contributed by atoms with van der Waals surface area (Å²) >= 11 is 0. The maximum absolute atomic E-state index is 12.7. The van der Waals surface area contributed by atoms with Gasteiger partial charge in [-0.3, -0.25) is 0 Å². The summed E-state index contributed by atoms with van der Waals surface area (Å²) in [4.78, 5) is 0. The predicted octanol–water partition coefficient (Wildman–Crippen LogP) is 3.06. The van der Waals surface area contributed by atoms with E-state index in [4.69, 9.17) is 4.74 Å². The summed E-state index contributed by atoms with van der Waals surface area (Å²) in [6, 6.07) is 4.63. The molecule has 0 spiro atoms. The zero-order chi connectivity index (χ0) is 13.3. The van der Waals surface area contributed by atoms with Crippen LogP contribution in [-0.4, -0.2) is 16.7 Å². The topological polar surface area (TPSA) is 26.5 Å². The molecule has 2 heterocycles. The van der Waals surface area contributed by atoms with Gasteiger partial charge >= 0.3 is 6.18 Å². The fourth-order valence-corrected chi connectivity index (χ4v) is 1.88. The van der Waals surface area contributed by atoms with Crippen molar-refractivity contribution in [3.63, 3.8) is 0 Å². The SMILES string of the molecule is CCc1ccc(COC)n2nc(C(F)(F)F)cc12. The minimum Gasteiger partial charge on any atom is -0.378 e. The van der Waals surface area contributed by atoms with E-state index in [1.165, 1.54) is 11.6 Å². The van der Waals surface area contributed by atoms with Crippen LogP contribution < -0.4 is 0 Å². The summed E-state index contributed by atoms with van der Waals surface area (Å²) in [6.45, 7) is 2.12. The fourth-order valence-electron chi connectivity index (χ4n) is 1.88. The van der Waals surface area contributed by atoms with E-state index in [9.17, 15) is 13.2 Å². The van der Waals surface area contributed by atoms with Gasteiger partial charge in [0.05, 0.1) is 17.8 Å². The normalized spacial score (nSPS) is 12.3. The number of halogens is 3. The smallest absolute Gasteiger partial charge is 0.378 e. The van der Waals surface area contributed by atoms with Crippen LogP contribution in [0.4, 0.5) is 13.2 Å². The Balaban J connectivity index is 2.66. The number of fused-ring (bicyclic) bond motifs is 1. The van der Waals surface area contributed by atoms with Crippen molar-refractivity contribution < 1.29 is 17.9 Å². The molecule has 98 valence electrons. The van der Waals surface area contributed by atoms with Gasteiger partial charge < -0.3 is 4.74 Å². The van der Waals surface area contributed by atoms with Crippen LogP contribution in [0.5, 0.6) is 0 Å². The van der Waals surface area contributed by atoms with Gasteiger partial charge in [0.1, 0.15) is 0 Å². The van der Waals surface area contributed by atoms with Crippen molar-refractivity contribution in [3.8, 4) is 0 Å². The van der Waals surface area contributed by atoms with E-state index in [1.807, 2.05) is 13.0 Å². The third-order valence-corrected chi connectivity index (χ3v) is 2.75. The van der Waals surface area contributed by atoms with Crippen LogP contribution in [0.15, 0.2) is 18.2 Å². The Morgan fingerprint density at radius 3 is 2.61 bits per heavy atom. The molecule has 0 aliphatic carbocycles. The number of aryl methyl sites for hydroxylation is 1. The number of hydrogen-bond donors (Lipinski definition) is 0. The molecule has 0 aliphatic rings. The summed E-state index contributed by atoms with van der Waals surface area (Å²) in [7, 11) is 1.49. The molecule has 6 heteroatoms. The molecule has 0 unspecified atom stereocenters. The highest BCUT2D eigenvalue weighted by Gasteiger charge is 2.34. The van der Waals surface area contributed by atoms with E-state index in [0.717, 1.165) is 11.6 Å². The molecular formula is C12H13F3N2O. The van der Waals surface area contributed by atoms with Gasteiger partial charge in [0.25, 0.3) is 0 Å². The molecule has 0 atom stereocenters. The Morgan fingerprint density at radius 1 is 1.33 bits per heavy atom. The number of aromatic nitrogens is 2. The van der Waals surface area contributed by atoms with E-state index in [0.29, 0.717) is 17.6 Å². The van der Waals surface area contributed by atoms with Crippen LogP contribution in [0.1, 0.15) is 23.9 Å². The quantitative estimate of drug-likeness (QED) is 0.845. The second-order valence-corrected chi connectivity index (χ2v) is 3.96. The van der Waals surface area contributed by atoms with E-state index in [2.05, 4.69) is 5.10 Å². The van der Waals surface area contributed by atoms with Gasteiger partial charge in [-0.25, -0.2) is 4.52 Å². The Bertz CT molecular complexity index is 560. The second-order valence-electron chi connectivity index (χ2n) is 3.96. The fraction of sp³-hybridized carbons (Fsp3) is 0.417. The van der Waals surface area contributed by atoms with Crippen molar-refractivity contribution in [3.05, 3.63) is 35.2 Å². The Hall–Kier alpha value is -1.56. The third-order valence-electron chi connectivity index (χ3n) is 2.75. The van der Waals surface area contributed by atoms with Crippen molar-refractivity contribution in [2.75, 3.05) is 7.11 Å². The molecule has 0 aliphatic heterocycles. The van der Waals surface area contributed by atoms with Crippen molar-refractivity contribution >= 4 is 5.52 Å². The minimum atomic E-state index is -4.43. The van der Waals surface area contributed by atoms with Crippen LogP contribution >= 0.6 is 0 Å². The van der Waals surface area contributed by atoms with Gasteiger partial charge in [0.15, 0.2) is 5.69 Å². The molecule has 0 aromatic carbocycles. The maximum atomic E-state index is 12.7. The summed E-state index contributed by atoms with van der Waals surface area (Å²) in [5.74, 6) is 0. The van der Waals surface area contributed by atoms with Crippen molar-refractivity contribution in [2.45, 2.75) is 26.1 Å². The molecule has 3 nitrogen and oxygen atoms in total. The highest BCUT2D eigenvalue weighted by atomic mass is 19.4. The van der Waals surface area contributed by atoms with Gasteiger partial charge in [-0.1, -0.05) is 13.0 Å². The predicted molar refractivity (Wildman–Crippen MR) is 60.3 cm³/mol. The highest BCUT2D eigenvalue weighted by Crippen LogP contribution is 2.30. The Labute approximate surface area is 102 Å². The molecule has 0 radical (unpaired) electrons. The van der Waals surface area contributed by atoms with Gasteiger partial charge in [-0.15, -0.1) is 0 Å². The average molecular weight is 258 g/mol. The lowest BCUT2D eigenvalue weighted by molar-refractivity contribution is -0.141. The third kappa shape index (κ3) is 2.20. The van der Waals surface area contributed by atoms with Crippen molar-refractivity contribution in [1.29, 1.82) is 0 Å². The van der Waals surface area contributed by atoms with E-state index < -0.39 is 11.9 Å². The molecule has 2 aromatic heterocycles. The van der Waals surface area contributed by atoms with Crippen molar-refractivity contribution in [2.24, 2.45) is 0 Å². The number of pyridine rings is 1. The zero-order valence-electron chi connectivity index (χ0n) is 10.1. The first-order chi connectivity index (χ1) is 8.47. The van der Waals surface area contributed by atoms with E-state index in [-0.39, 0.29) is 6.61 Å². The molecule has 0 amide bonds. The van der Waals surface area contributed by atoms with Crippen molar-refractivity contribution in [1.82, 2.24) is 9.61 Å². The summed E-state index contributed by atoms with van der Waals surface area (Å²) in [5.41, 5.74) is 1.04. The molecule has 0 bridgehead atoms. The van der Waals surface area contributed by atoms with Gasteiger partial charge in [0.2, 0.25) is 0 Å². The summed E-state index contributed by atoms with van der Waals surface area (Å²) < 4.78 is 44.3. The largest absolute Gasteiger partial charge is 0.435 e. The lowest BCUT2D eigenvalue weighted by atomic mass is 10.1. The van der Waals surface area contributed by atoms with Gasteiger partial charge in [-0.05, 0) is 24.1 Å². The average Bonchev–Trinajstić information content (AvgIpc) is 2.74. The minimum absolute atomic E-state index is 0.222. The molecule has 0 N–H and O–H groups in total.